The molecule has 114 valence electrons. The van der Waals surface area contributed by atoms with Gasteiger partial charge in [0.25, 0.3) is 0 Å². The summed E-state index contributed by atoms with van der Waals surface area (Å²) in [6, 6.07) is 0.618. The van der Waals surface area contributed by atoms with Crippen LogP contribution in [0.3, 0.4) is 0 Å². The fourth-order valence-electron chi connectivity index (χ4n) is 2.48. The summed E-state index contributed by atoms with van der Waals surface area (Å²) in [6.07, 6.45) is 8.63. The van der Waals surface area contributed by atoms with Crippen LogP contribution < -0.4 is 10.6 Å². The minimum absolute atomic E-state index is 0. The van der Waals surface area contributed by atoms with E-state index >= 15 is 0 Å². The number of rotatable bonds is 6. The summed E-state index contributed by atoms with van der Waals surface area (Å²) < 4.78 is 0. The number of nitrogens with one attached hydrogen (secondary N) is 2. The van der Waals surface area contributed by atoms with Crippen molar-refractivity contribution in [3.63, 3.8) is 0 Å². The first-order valence-electron chi connectivity index (χ1n) is 7.30. The highest BCUT2D eigenvalue weighted by Gasteiger charge is 2.19. The molecule has 2 atom stereocenters. The van der Waals surface area contributed by atoms with Crippen molar-refractivity contribution >= 4 is 41.7 Å². The molecule has 0 amide bonds. The van der Waals surface area contributed by atoms with E-state index in [-0.39, 0.29) is 24.0 Å². The second kappa shape index (κ2) is 12.1. The number of aliphatic imine (C=N–C) groups is 1. The zero-order valence-electron chi connectivity index (χ0n) is 12.6. The monoisotopic (exact) mass is 399 g/mol. The van der Waals surface area contributed by atoms with Gasteiger partial charge in [0, 0.05) is 19.1 Å². The van der Waals surface area contributed by atoms with Gasteiger partial charge < -0.3 is 10.6 Å². The SMILES string of the molecule is CCNC(=NCCCSC)NC1CCCC(C)C1.I. The van der Waals surface area contributed by atoms with E-state index in [0.717, 1.165) is 25.0 Å². The Morgan fingerprint density at radius 1 is 1.37 bits per heavy atom. The summed E-state index contributed by atoms with van der Waals surface area (Å²) in [4.78, 5) is 4.65. The molecular formula is C14H30IN3S. The molecule has 0 bridgehead atoms. The number of hydrogen-bond donors (Lipinski definition) is 2. The number of guanidine groups is 1. The predicted octanol–water partition coefficient (Wildman–Crippen LogP) is 3.49. The molecule has 2 N–H and O–H groups in total. The van der Waals surface area contributed by atoms with Gasteiger partial charge >= 0.3 is 0 Å². The summed E-state index contributed by atoms with van der Waals surface area (Å²) in [6.45, 7) is 6.36. The van der Waals surface area contributed by atoms with E-state index in [1.807, 2.05) is 11.8 Å². The molecular weight excluding hydrogens is 369 g/mol. The molecule has 0 saturated heterocycles. The maximum absolute atomic E-state index is 4.65. The van der Waals surface area contributed by atoms with E-state index in [1.54, 1.807) is 0 Å². The number of nitrogens with zero attached hydrogens (tertiary/aromatic N) is 1. The minimum Gasteiger partial charge on any atom is -0.357 e. The van der Waals surface area contributed by atoms with Crippen LogP contribution in [0.5, 0.6) is 0 Å². The van der Waals surface area contributed by atoms with Crippen molar-refractivity contribution in [3.05, 3.63) is 0 Å². The zero-order valence-corrected chi connectivity index (χ0v) is 15.7. The van der Waals surface area contributed by atoms with Crippen molar-refractivity contribution < 1.29 is 0 Å². The third kappa shape index (κ3) is 9.00. The van der Waals surface area contributed by atoms with Gasteiger partial charge in [-0.25, -0.2) is 0 Å². The molecule has 1 fully saturated rings. The van der Waals surface area contributed by atoms with Crippen LogP contribution in [0.1, 0.15) is 46.0 Å². The molecule has 5 heteroatoms. The maximum Gasteiger partial charge on any atom is 0.191 e. The second-order valence-corrected chi connectivity index (χ2v) is 6.21. The highest BCUT2D eigenvalue weighted by atomic mass is 127. The van der Waals surface area contributed by atoms with Crippen LogP contribution >= 0.6 is 35.7 Å². The zero-order chi connectivity index (χ0) is 13.2. The Morgan fingerprint density at radius 2 is 2.16 bits per heavy atom. The van der Waals surface area contributed by atoms with Gasteiger partial charge in [0.05, 0.1) is 0 Å². The Balaban J connectivity index is 0.00000324. The van der Waals surface area contributed by atoms with Crippen molar-refractivity contribution in [1.29, 1.82) is 0 Å². The number of halogens is 1. The molecule has 0 spiro atoms. The molecule has 2 unspecified atom stereocenters. The predicted molar refractivity (Wildman–Crippen MR) is 98.9 cm³/mol. The van der Waals surface area contributed by atoms with Gasteiger partial charge in [0.1, 0.15) is 0 Å². The molecule has 0 aromatic heterocycles. The van der Waals surface area contributed by atoms with Crippen LogP contribution in [0.2, 0.25) is 0 Å². The molecule has 1 aliphatic carbocycles. The van der Waals surface area contributed by atoms with Crippen molar-refractivity contribution in [2.45, 2.75) is 52.0 Å². The van der Waals surface area contributed by atoms with Gasteiger partial charge in [-0.2, -0.15) is 11.8 Å². The topological polar surface area (TPSA) is 36.4 Å². The van der Waals surface area contributed by atoms with Gasteiger partial charge in [0.15, 0.2) is 5.96 Å². The fourth-order valence-corrected chi connectivity index (χ4v) is 2.90. The molecule has 0 aliphatic heterocycles. The Morgan fingerprint density at radius 3 is 2.79 bits per heavy atom. The first kappa shape index (κ1) is 19.4. The average Bonchev–Trinajstić information content (AvgIpc) is 2.35. The van der Waals surface area contributed by atoms with Gasteiger partial charge in [-0.1, -0.05) is 19.8 Å². The molecule has 19 heavy (non-hydrogen) atoms. The lowest BCUT2D eigenvalue weighted by Crippen LogP contribution is -2.45. The second-order valence-electron chi connectivity index (χ2n) is 5.22. The molecule has 3 nitrogen and oxygen atoms in total. The van der Waals surface area contributed by atoms with E-state index in [1.165, 1.54) is 37.9 Å². The van der Waals surface area contributed by atoms with Gasteiger partial charge in [-0.15, -0.1) is 24.0 Å². The molecule has 0 radical (unpaired) electrons. The number of hydrogen-bond acceptors (Lipinski definition) is 2. The Bertz CT molecular complexity index is 249. The standard InChI is InChI=1S/C14H29N3S.HI/c1-4-15-14(16-9-6-10-18-3)17-13-8-5-7-12(2)11-13;/h12-13H,4-11H2,1-3H3,(H2,15,16,17);1H. The van der Waals surface area contributed by atoms with E-state index in [4.69, 9.17) is 0 Å². The molecule has 0 heterocycles. The van der Waals surface area contributed by atoms with E-state index in [0.29, 0.717) is 6.04 Å². The summed E-state index contributed by atoms with van der Waals surface area (Å²) >= 11 is 1.89. The van der Waals surface area contributed by atoms with E-state index in [9.17, 15) is 0 Å². The van der Waals surface area contributed by atoms with Crippen LogP contribution in [0.25, 0.3) is 0 Å². The minimum atomic E-state index is 0. The lowest BCUT2D eigenvalue weighted by atomic mass is 9.87. The summed E-state index contributed by atoms with van der Waals surface area (Å²) in [5, 5.41) is 6.95. The Hall–Kier alpha value is 0.350. The molecule has 0 aromatic rings. The third-order valence-corrected chi connectivity index (χ3v) is 4.09. The quantitative estimate of drug-likeness (QED) is 0.311. The van der Waals surface area contributed by atoms with Crippen LogP contribution in [-0.2, 0) is 0 Å². The molecule has 1 saturated carbocycles. The smallest absolute Gasteiger partial charge is 0.191 e. The Labute approximate surface area is 140 Å². The fraction of sp³-hybridized carbons (Fsp3) is 0.929. The first-order valence-corrected chi connectivity index (χ1v) is 8.69. The van der Waals surface area contributed by atoms with Crippen molar-refractivity contribution in [1.82, 2.24) is 10.6 Å². The summed E-state index contributed by atoms with van der Waals surface area (Å²) in [5.74, 6) is 3.07. The van der Waals surface area contributed by atoms with Gasteiger partial charge in [-0.05, 0) is 44.1 Å². The van der Waals surface area contributed by atoms with Gasteiger partial charge in [-0.3, -0.25) is 4.99 Å². The lowest BCUT2D eigenvalue weighted by Gasteiger charge is -2.28. The maximum atomic E-state index is 4.65. The largest absolute Gasteiger partial charge is 0.357 e. The third-order valence-electron chi connectivity index (χ3n) is 3.40. The van der Waals surface area contributed by atoms with E-state index in [2.05, 4.69) is 35.7 Å². The average molecular weight is 399 g/mol. The van der Waals surface area contributed by atoms with Crippen LogP contribution in [0.15, 0.2) is 4.99 Å². The normalized spacial score (nSPS) is 23.6. The van der Waals surface area contributed by atoms with Crippen molar-refractivity contribution in [2.24, 2.45) is 10.9 Å². The van der Waals surface area contributed by atoms with Crippen LogP contribution in [0.4, 0.5) is 0 Å². The first-order chi connectivity index (χ1) is 8.76. The highest BCUT2D eigenvalue weighted by molar-refractivity contribution is 14.0. The molecule has 0 aromatic carbocycles. The summed E-state index contributed by atoms with van der Waals surface area (Å²) in [7, 11) is 0. The van der Waals surface area contributed by atoms with Crippen molar-refractivity contribution in [3.8, 4) is 0 Å². The molecule has 1 rings (SSSR count). The van der Waals surface area contributed by atoms with Crippen LogP contribution in [0, 0.1) is 5.92 Å². The Kier molecular flexibility index (Phi) is 12.3. The van der Waals surface area contributed by atoms with Gasteiger partial charge in [0.2, 0.25) is 0 Å². The number of thioether (sulfide) groups is 1. The van der Waals surface area contributed by atoms with Crippen LogP contribution in [-0.4, -0.2) is 37.1 Å². The van der Waals surface area contributed by atoms with Crippen molar-refractivity contribution in [2.75, 3.05) is 25.1 Å². The highest BCUT2D eigenvalue weighted by Crippen LogP contribution is 2.23. The lowest BCUT2D eigenvalue weighted by molar-refractivity contribution is 0.324. The van der Waals surface area contributed by atoms with E-state index < -0.39 is 0 Å². The summed E-state index contributed by atoms with van der Waals surface area (Å²) in [5.41, 5.74) is 0. The molecule has 1 aliphatic rings.